The molecule has 0 fully saturated rings. The predicted molar refractivity (Wildman–Crippen MR) is 122 cm³/mol. The number of ether oxygens (including phenoxy) is 1. The molecule has 0 unspecified atom stereocenters. The van der Waals surface area contributed by atoms with Gasteiger partial charge in [0.05, 0.1) is 10.8 Å². The summed E-state index contributed by atoms with van der Waals surface area (Å²) in [6.07, 6.45) is -0.644. The largest absolute Gasteiger partial charge is 0.445 e. The van der Waals surface area contributed by atoms with E-state index in [-0.39, 0.29) is 24.7 Å². The van der Waals surface area contributed by atoms with Gasteiger partial charge in [-0.25, -0.2) is 4.79 Å². The Morgan fingerprint density at radius 1 is 0.969 bits per heavy atom. The van der Waals surface area contributed by atoms with E-state index in [0.717, 1.165) is 5.56 Å². The van der Waals surface area contributed by atoms with Crippen LogP contribution in [0.25, 0.3) is 0 Å². The van der Waals surface area contributed by atoms with Crippen molar-refractivity contribution in [2.75, 3.05) is 5.75 Å². The number of amides is 3. The summed E-state index contributed by atoms with van der Waals surface area (Å²) in [7, 11) is -1.33. The number of alkyl carbamates (subject to hydrolysis) is 1. The summed E-state index contributed by atoms with van der Waals surface area (Å²) in [4.78, 5) is 37.4. The third-order valence-electron chi connectivity index (χ3n) is 4.69. The van der Waals surface area contributed by atoms with Crippen molar-refractivity contribution in [2.24, 2.45) is 11.7 Å². The molecule has 0 saturated heterocycles. The fourth-order valence-corrected chi connectivity index (χ4v) is 4.03. The Balaban J connectivity index is 1.92. The molecule has 2 rings (SSSR count). The molecule has 0 aromatic heterocycles. The number of rotatable bonds is 11. The van der Waals surface area contributed by atoms with Gasteiger partial charge in [-0.05, 0) is 30.0 Å². The van der Waals surface area contributed by atoms with Crippen LogP contribution in [-0.2, 0) is 31.7 Å². The minimum atomic E-state index is -1.33. The van der Waals surface area contributed by atoms with E-state index in [2.05, 4.69) is 10.6 Å². The second-order valence-corrected chi connectivity index (χ2v) is 9.11. The van der Waals surface area contributed by atoms with Crippen LogP contribution in [-0.4, -0.2) is 40.0 Å². The summed E-state index contributed by atoms with van der Waals surface area (Å²) < 4.78 is 17.6. The van der Waals surface area contributed by atoms with Crippen LogP contribution in [0.4, 0.5) is 4.79 Å². The maximum absolute atomic E-state index is 12.8. The molecule has 0 bridgehead atoms. The lowest BCUT2D eigenvalue weighted by Gasteiger charge is -2.24. The van der Waals surface area contributed by atoms with Crippen LogP contribution >= 0.6 is 0 Å². The Morgan fingerprint density at radius 2 is 1.56 bits per heavy atom. The fraction of sp³-hybridized carbons (Fsp3) is 0.348. The summed E-state index contributed by atoms with van der Waals surface area (Å²) in [6.45, 7) is 3.57. The summed E-state index contributed by atoms with van der Waals surface area (Å²) in [5.41, 5.74) is 6.25. The number of hydrogen-bond donors (Lipinski definition) is 3. The van der Waals surface area contributed by atoms with Crippen molar-refractivity contribution in [1.29, 1.82) is 0 Å². The van der Waals surface area contributed by atoms with Gasteiger partial charge in [0.15, 0.2) is 0 Å². The SMILES string of the molecule is CC(C)[C@@H](NC(=O)OCc1ccccc1)C(=O)N[C@H](CC[S@](=O)c1ccccc1)C(N)=O. The lowest BCUT2D eigenvalue weighted by Crippen LogP contribution is -2.55. The normalized spacial score (nSPS) is 13.6. The first-order valence-corrected chi connectivity index (χ1v) is 11.6. The van der Waals surface area contributed by atoms with Gasteiger partial charge in [0.1, 0.15) is 18.7 Å². The van der Waals surface area contributed by atoms with Crippen molar-refractivity contribution in [3.8, 4) is 0 Å². The molecule has 4 N–H and O–H groups in total. The molecule has 32 heavy (non-hydrogen) atoms. The number of carbonyl (C=O) groups excluding carboxylic acids is 3. The van der Waals surface area contributed by atoms with Gasteiger partial charge in [-0.2, -0.15) is 0 Å². The van der Waals surface area contributed by atoms with Crippen molar-refractivity contribution >= 4 is 28.7 Å². The summed E-state index contributed by atoms with van der Waals surface area (Å²) in [5.74, 6) is -1.42. The molecule has 0 radical (unpaired) electrons. The molecule has 3 amide bonds. The Kier molecular flexibility index (Phi) is 9.87. The van der Waals surface area contributed by atoms with E-state index in [9.17, 15) is 18.6 Å². The van der Waals surface area contributed by atoms with Gasteiger partial charge in [0, 0.05) is 10.6 Å². The lowest BCUT2D eigenvalue weighted by atomic mass is 10.0. The highest BCUT2D eigenvalue weighted by molar-refractivity contribution is 7.85. The van der Waals surface area contributed by atoms with Gasteiger partial charge in [-0.1, -0.05) is 62.4 Å². The number of nitrogens with one attached hydrogen (secondary N) is 2. The molecule has 2 aromatic rings. The van der Waals surface area contributed by atoms with Gasteiger partial charge < -0.3 is 21.1 Å². The van der Waals surface area contributed by atoms with E-state index in [1.807, 2.05) is 36.4 Å². The molecule has 3 atom stereocenters. The van der Waals surface area contributed by atoms with Crippen molar-refractivity contribution in [1.82, 2.24) is 10.6 Å². The van der Waals surface area contributed by atoms with E-state index in [4.69, 9.17) is 10.5 Å². The van der Waals surface area contributed by atoms with E-state index in [1.165, 1.54) is 0 Å². The zero-order valence-corrected chi connectivity index (χ0v) is 19.0. The number of hydrogen-bond acceptors (Lipinski definition) is 5. The third-order valence-corrected chi connectivity index (χ3v) is 6.10. The van der Waals surface area contributed by atoms with Crippen LogP contribution in [0.2, 0.25) is 0 Å². The van der Waals surface area contributed by atoms with E-state index < -0.39 is 40.8 Å². The second kappa shape index (κ2) is 12.6. The van der Waals surface area contributed by atoms with Crippen molar-refractivity contribution in [3.05, 3.63) is 66.2 Å². The van der Waals surface area contributed by atoms with Crippen molar-refractivity contribution in [3.63, 3.8) is 0 Å². The highest BCUT2D eigenvalue weighted by Gasteiger charge is 2.28. The zero-order chi connectivity index (χ0) is 23.5. The highest BCUT2D eigenvalue weighted by Crippen LogP contribution is 2.09. The van der Waals surface area contributed by atoms with Crippen LogP contribution in [0.5, 0.6) is 0 Å². The Morgan fingerprint density at radius 3 is 2.12 bits per heavy atom. The minimum absolute atomic E-state index is 0.0638. The summed E-state index contributed by atoms with van der Waals surface area (Å²) in [5, 5.41) is 5.10. The number of benzene rings is 2. The number of nitrogens with two attached hydrogens (primary N) is 1. The Bertz CT molecular complexity index is 922. The van der Waals surface area contributed by atoms with Crippen molar-refractivity contribution < 1.29 is 23.3 Å². The topological polar surface area (TPSA) is 128 Å². The number of primary amides is 1. The molecule has 0 spiro atoms. The minimum Gasteiger partial charge on any atom is -0.445 e. The van der Waals surface area contributed by atoms with Crippen molar-refractivity contribution in [2.45, 2.75) is 43.9 Å². The first kappa shape index (κ1) is 25.1. The van der Waals surface area contributed by atoms with E-state index in [1.54, 1.807) is 38.1 Å². The average molecular weight is 460 g/mol. The Labute approximate surface area is 190 Å². The van der Waals surface area contributed by atoms with Crippen LogP contribution in [0.15, 0.2) is 65.6 Å². The highest BCUT2D eigenvalue weighted by atomic mass is 32.2. The van der Waals surface area contributed by atoms with Gasteiger partial charge in [0.25, 0.3) is 0 Å². The fourth-order valence-electron chi connectivity index (χ4n) is 2.89. The van der Waals surface area contributed by atoms with E-state index >= 15 is 0 Å². The quantitative estimate of drug-likeness (QED) is 0.474. The standard InChI is InChI=1S/C23H29N3O5S/c1-16(2)20(26-23(29)31-15-17-9-5-3-6-10-17)22(28)25-19(21(24)27)13-14-32(30)18-11-7-4-8-12-18/h3-12,16,19-20H,13-15H2,1-2H3,(H2,24,27)(H,25,28)(H,26,29)/t19-,20-,32+/m1/s1. The molecule has 0 saturated carbocycles. The number of carbonyl (C=O) groups is 3. The van der Waals surface area contributed by atoms with Crippen LogP contribution in [0.1, 0.15) is 25.8 Å². The smallest absolute Gasteiger partial charge is 0.408 e. The molecule has 0 aliphatic heterocycles. The van der Waals surface area contributed by atoms with Crippen LogP contribution in [0, 0.1) is 5.92 Å². The first-order valence-electron chi connectivity index (χ1n) is 10.3. The monoisotopic (exact) mass is 459 g/mol. The molecule has 0 heterocycles. The Hall–Kier alpha value is -3.20. The van der Waals surface area contributed by atoms with E-state index in [0.29, 0.717) is 4.90 Å². The van der Waals surface area contributed by atoms with Crippen LogP contribution in [0.3, 0.4) is 0 Å². The zero-order valence-electron chi connectivity index (χ0n) is 18.2. The van der Waals surface area contributed by atoms with Crippen LogP contribution < -0.4 is 16.4 Å². The molecule has 2 aromatic carbocycles. The summed E-state index contributed by atoms with van der Waals surface area (Å²) in [6, 6.07) is 16.0. The lowest BCUT2D eigenvalue weighted by molar-refractivity contribution is -0.129. The average Bonchev–Trinajstić information content (AvgIpc) is 2.79. The molecular weight excluding hydrogens is 430 g/mol. The summed E-state index contributed by atoms with van der Waals surface area (Å²) >= 11 is 0. The maximum atomic E-state index is 12.8. The third kappa shape index (κ3) is 8.14. The second-order valence-electron chi connectivity index (χ2n) is 7.54. The molecule has 9 heteroatoms. The van der Waals surface area contributed by atoms with Gasteiger partial charge in [-0.3, -0.25) is 13.8 Å². The maximum Gasteiger partial charge on any atom is 0.408 e. The molecule has 172 valence electrons. The van der Waals surface area contributed by atoms with Gasteiger partial charge >= 0.3 is 6.09 Å². The molecule has 8 nitrogen and oxygen atoms in total. The molecular formula is C23H29N3O5S. The first-order chi connectivity index (χ1) is 15.3. The molecule has 0 aliphatic carbocycles. The van der Waals surface area contributed by atoms with Gasteiger partial charge in [-0.15, -0.1) is 0 Å². The molecule has 0 aliphatic rings. The van der Waals surface area contributed by atoms with Gasteiger partial charge in [0.2, 0.25) is 11.8 Å². The predicted octanol–water partition coefficient (Wildman–Crippen LogP) is 2.11.